The molecule has 1 aromatic carbocycles. The van der Waals surface area contributed by atoms with Crippen molar-refractivity contribution in [2.24, 2.45) is 0 Å². The van der Waals surface area contributed by atoms with Crippen LogP contribution in [0.3, 0.4) is 0 Å². The summed E-state index contributed by atoms with van der Waals surface area (Å²) in [6, 6.07) is 3.22. The molecule has 168 valence electrons. The first kappa shape index (κ1) is 21.5. The van der Waals surface area contributed by atoms with Crippen LogP contribution in [0, 0.1) is 0 Å². The van der Waals surface area contributed by atoms with E-state index in [1.807, 2.05) is 9.80 Å². The van der Waals surface area contributed by atoms with Gasteiger partial charge in [0.25, 0.3) is 0 Å². The quantitative estimate of drug-likeness (QED) is 0.629. The zero-order chi connectivity index (χ0) is 21.8. The fraction of sp³-hybridized carbons (Fsp3) is 0.571. The maximum absolute atomic E-state index is 12.6. The minimum absolute atomic E-state index is 0.0958. The van der Waals surface area contributed by atoms with Gasteiger partial charge in [0.15, 0.2) is 17.3 Å². The Morgan fingerprint density at radius 1 is 0.903 bits per heavy atom. The van der Waals surface area contributed by atoms with Gasteiger partial charge in [-0.15, -0.1) is 0 Å². The summed E-state index contributed by atoms with van der Waals surface area (Å²) < 4.78 is 16.0. The van der Waals surface area contributed by atoms with Crippen molar-refractivity contribution in [3.63, 3.8) is 0 Å². The molecule has 10 heteroatoms. The van der Waals surface area contributed by atoms with E-state index in [1.54, 1.807) is 12.1 Å². The molecule has 10 nitrogen and oxygen atoms in total. The van der Waals surface area contributed by atoms with Gasteiger partial charge in [0.2, 0.25) is 18.6 Å². The molecule has 31 heavy (non-hydrogen) atoms. The van der Waals surface area contributed by atoms with Crippen molar-refractivity contribution in [2.45, 2.75) is 6.92 Å². The first-order valence-corrected chi connectivity index (χ1v) is 10.5. The van der Waals surface area contributed by atoms with Crippen LogP contribution in [-0.4, -0.2) is 105 Å². The van der Waals surface area contributed by atoms with Crippen LogP contribution in [0.15, 0.2) is 12.1 Å². The van der Waals surface area contributed by atoms with Crippen molar-refractivity contribution >= 4 is 23.3 Å². The van der Waals surface area contributed by atoms with Crippen molar-refractivity contribution in [1.29, 1.82) is 0 Å². The molecular formula is C21H28N4O6. The molecule has 4 rings (SSSR count). The molecule has 3 heterocycles. The number of morpholine rings is 1. The van der Waals surface area contributed by atoms with Crippen LogP contribution in [0.1, 0.15) is 17.3 Å². The summed E-state index contributed by atoms with van der Waals surface area (Å²) in [4.78, 5) is 43.1. The number of carbonyl (C=O) groups excluding carboxylic acids is 3. The van der Waals surface area contributed by atoms with E-state index < -0.39 is 0 Å². The van der Waals surface area contributed by atoms with E-state index in [2.05, 4.69) is 10.2 Å². The van der Waals surface area contributed by atoms with Crippen LogP contribution < -0.4 is 14.8 Å². The molecule has 2 saturated heterocycles. The van der Waals surface area contributed by atoms with Gasteiger partial charge < -0.3 is 24.4 Å². The number of ether oxygens (including phenoxy) is 3. The lowest BCUT2D eigenvalue weighted by molar-refractivity contribution is -0.135. The van der Waals surface area contributed by atoms with Gasteiger partial charge in [0.05, 0.1) is 32.0 Å². The van der Waals surface area contributed by atoms with Crippen LogP contribution in [-0.2, 0) is 14.3 Å². The smallest absolute Gasteiger partial charge is 0.238 e. The highest BCUT2D eigenvalue weighted by atomic mass is 16.7. The number of nitrogens with one attached hydrogen (secondary N) is 1. The van der Waals surface area contributed by atoms with Crippen LogP contribution in [0.5, 0.6) is 11.5 Å². The molecule has 0 spiro atoms. The van der Waals surface area contributed by atoms with E-state index in [0.717, 1.165) is 13.1 Å². The highest BCUT2D eigenvalue weighted by Crippen LogP contribution is 2.37. The average Bonchev–Trinajstić information content (AvgIpc) is 3.21. The van der Waals surface area contributed by atoms with Gasteiger partial charge in [-0.2, -0.15) is 0 Å². The highest BCUT2D eigenvalue weighted by Gasteiger charge is 2.25. The van der Waals surface area contributed by atoms with E-state index >= 15 is 0 Å². The number of piperazine rings is 1. The summed E-state index contributed by atoms with van der Waals surface area (Å²) in [5, 5.41) is 2.82. The third-order valence-electron chi connectivity index (χ3n) is 5.72. The molecule has 0 radical (unpaired) electrons. The standard InChI is InChI=1S/C21H28N4O6/c1-15(26)16-10-18-19(31-14-30-18)11-17(16)22-20(27)12-23-2-4-25(5-3-23)21(28)13-24-6-8-29-9-7-24/h10-11H,2-9,12-14H2,1H3,(H,22,27). The SMILES string of the molecule is CC(=O)c1cc2c(cc1NC(=O)CN1CCN(C(=O)CN3CCOCC3)CC1)OCO2. The van der Waals surface area contributed by atoms with Gasteiger partial charge in [-0.3, -0.25) is 24.2 Å². The predicted octanol–water partition coefficient (Wildman–Crippen LogP) is 0.0328. The Bertz CT molecular complexity index is 847. The zero-order valence-electron chi connectivity index (χ0n) is 17.7. The summed E-state index contributed by atoms with van der Waals surface area (Å²) in [5.41, 5.74) is 0.803. The van der Waals surface area contributed by atoms with Crippen LogP contribution in [0.4, 0.5) is 5.69 Å². The molecule has 3 aliphatic rings. The first-order chi connectivity index (χ1) is 15.0. The van der Waals surface area contributed by atoms with Crippen LogP contribution >= 0.6 is 0 Å². The molecule has 0 bridgehead atoms. The Kier molecular flexibility index (Phi) is 6.69. The van der Waals surface area contributed by atoms with Gasteiger partial charge in [0.1, 0.15) is 0 Å². The Morgan fingerprint density at radius 2 is 1.55 bits per heavy atom. The summed E-state index contributed by atoms with van der Waals surface area (Å²) in [6.07, 6.45) is 0. The van der Waals surface area contributed by atoms with Gasteiger partial charge in [-0.25, -0.2) is 0 Å². The van der Waals surface area contributed by atoms with E-state index in [-0.39, 0.29) is 30.9 Å². The maximum Gasteiger partial charge on any atom is 0.238 e. The minimum atomic E-state index is -0.213. The van der Waals surface area contributed by atoms with Gasteiger partial charge in [0, 0.05) is 50.9 Å². The number of rotatable bonds is 6. The number of carbonyl (C=O) groups is 3. The summed E-state index contributed by atoms with van der Waals surface area (Å²) >= 11 is 0. The molecule has 1 N–H and O–H groups in total. The number of anilines is 1. The van der Waals surface area contributed by atoms with Gasteiger partial charge >= 0.3 is 0 Å². The number of benzene rings is 1. The second-order valence-corrected chi connectivity index (χ2v) is 7.90. The molecule has 3 aliphatic heterocycles. The number of amides is 2. The molecule has 0 unspecified atom stereocenters. The van der Waals surface area contributed by atoms with Crippen molar-refractivity contribution in [2.75, 3.05) is 77.7 Å². The first-order valence-electron chi connectivity index (χ1n) is 10.5. The van der Waals surface area contributed by atoms with Crippen molar-refractivity contribution in [3.8, 4) is 11.5 Å². The summed E-state index contributed by atoms with van der Waals surface area (Å²) in [6.45, 7) is 7.51. The van der Waals surface area contributed by atoms with E-state index in [1.165, 1.54) is 6.92 Å². The largest absolute Gasteiger partial charge is 0.454 e. The summed E-state index contributed by atoms with van der Waals surface area (Å²) in [5.74, 6) is 0.752. The third kappa shape index (κ3) is 5.33. The van der Waals surface area contributed by atoms with E-state index in [4.69, 9.17) is 14.2 Å². The molecule has 2 amide bonds. The number of Topliss-reactive ketones (excluding diaryl/α,β-unsaturated/α-hetero) is 1. The van der Waals surface area contributed by atoms with E-state index in [0.29, 0.717) is 68.7 Å². The lowest BCUT2D eigenvalue weighted by Crippen LogP contribution is -2.53. The number of ketones is 1. The molecule has 0 saturated carbocycles. The predicted molar refractivity (Wildman–Crippen MR) is 111 cm³/mol. The Balaban J connectivity index is 1.27. The second-order valence-electron chi connectivity index (χ2n) is 7.90. The van der Waals surface area contributed by atoms with Crippen LogP contribution in [0.25, 0.3) is 0 Å². The number of fused-ring (bicyclic) bond motifs is 1. The Hall–Kier alpha value is -2.69. The van der Waals surface area contributed by atoms with E-state index in [9.17, 15) is 14.4 Å². The van der Waals surface area contributed by atoms with Crippen LogP contribution in [0.2, 0.25) is 0 Å². The van der Waals surface area contributed by atoms with Crippen molar-refractivity contribution < 1.29 is 28.6 Å². The fourth-order valence-corrected chi connectivity index (χ4v) is 3.94. The molecule has 1 aromatic rings. The average molecular weight is 432 g/mol. The number of hydrogen-bond acceptors (Lipinski definition) is 8. The van der Waals surface area contributed by atoms with Gasteiger partial charge in [-0.1, -0.05) is 0 Å². The lowest BCUT2D eigenvalue weighted by atomic mass is 10.1. The second kappa shape index (κ2) is 9.63. The normalized spacial score (nSPS) is 19.3. The Morgan fingerprint density at radius 3 is 2.23 bits per heavy atom. The molecule has 0 atom stereocenters. The summed E-state index contributed by atoms with van der Waals surface area (Å²) in [7, 11) is 0. The molecule has 2 fully saturated rings. The molecule has 0 aliphatic carbocycles. The topological polar surface area (TPSA) is 101 Å². The van der Waals surface area contributed by atoms with Crippen molar-refractivity contribution in [1.82, 2.24) is 14.7 Å². The molecule has 0 aromatic heterocycles. The van der Waals surface area contributed by atoms with Gasteiger partial charge in [-0.05, 0) is 13.0 Å². The number of hydrogen-bond donors (Lipinski definition) is 1. The monoisotopic (exact) mass is 432 g/mol. The third-order valence-corrected chi connectivity index (χ3v) is 5.72. The lowest BCUT2D eigenvalue weighted by Gasteiger charge is -2.36. The maximum atomic E-state index is 12.6. The zero-order valence-corrected chi connectivity index (χ0v) is 17.7. The fourth-order valence-electron chi connectivity index (χ4n) is 3.94. The number of nitrogens with zero attached hydrogens (tertiary/aromatic N) is 3. The minimum Gasteiger partial charge on any atom is -0.454 e. The molecular weight excluding hydrogens is 404 g/mol. The Labute approximate surface area is 181 Å². The highest BCUT2D eigenvalue weighted by molar-refractivity contribution is 6.05. The van der Waals surface area contributed by atoms with Crippen molar-refractivity contribution in [3.05, 3.63) is 17.7 Å².